The Morgan fingerprint density at radius 2 is 1.81 bits per heavy atom. The molecule has 1 saturated heterocycles. The standard InChI is InChI=1S/C14H18BrCl2N3O/c1-14(2,20-5-3-18-4-6-20)13(21)19-12-10(16)7-9(15)8-11(12)17/h7-8,18H,3-6H2,1-2H3,(H,19,21). The number of nitrogens with zero attached hydrogens (tertiary/aromatic N) is 1. The molecule has 2 rings (SSSR count). The Labute approximate surface area is 143 Å². The molecule has 0 unspecified atom stereocenters. The molecule has 21 heavy (non-hydrogen) atoms. The van der Waals surface area contributed by atoms with Gasteiger partial charge >= 0.3 is 0 Å². The lowest BCUT2D eigenvalue weighted by Crippen LogP contribution is -2.58. The van der Waals surface area contributed by atoms with E-state index in [1.807, 2.05) is 13.8 Å². The lowest BCUT2D eigenvalue weighted by molar-refractivity contribution is -0.126. The maximum absolute atomic E-state index is 12.6. The van der Waals surface area contributed by atoms with E-state index in [2.05, 4.69) is 31.5 Å². The Morgan fingerprint density at radius 1 is 1.29 bits per heavy atom. The van der Waals surface area contributed by atoms with Crippen LogP contribution in [-0.4, -0.2) is 42.5 Å². The first-order chi connectivity index (χ1) is 9.82. The molecule has 1 aliphatic rings. The van der Waals surface area contributed by atoms with Crippen molar-refractivity contribution < 1.29 is 4.79 Å². The van der Waals surface area contributed by atoms with Crippen molar-refractivity contribution in [2.75, 3.05) is 31.5 Å². The Bertz CT molecular complexity index is 522. The highest BCUT2D eigenvalue weighted by atomic mass is 79.9. The lowest BCUT2D eigenvalue weighted by atomic mass is 10.0. The van der Waals surface area contributed by atoms with Gasteiger partial charge < -0.3 is 10.6 Å². The minimum Gasteiger partial charge on any atom is -0.322 e. The first-order valence-corrected chi connectivity index (χ1v) is 8.29. The van der Waals surface area contributed by atoms with E-state index >= 15 is 0 Å². The Morgan fingerprint density at radius 3 is 2.33 bits per heavy atom. The molecule has 0 bridgehead atoms. The van der Waals surface area contributed by atoms with Crippen molar-refractivity contribution >= 4 is 50.7 Å². The van der Waals surface area contributed by atoms with E-state index in [1.54, 1.807) is 12.1 Å². The topological polar surface area (TPSA) is 44.4 Å². The molecule has 1 amide bonds. The molecule has 4 nitrogen and oxygen atoms in total. The second-order valence-corrected chi connectivity index (χ2v) is 7.22. The van der Waals surface area contributed by atoms with Crippen LogP contribution in [0.4, 0.5) is 5.69 Å². The second kappa shape index (κ2) is 6.84. The van der Waals surface area contributed by atoms with Crippen molar-refractivity contribution in [2.24, 2.45) is 0 Å². The van der Waals surface area contributed by atoms with Crippen LogP contribution in [0.2, 0.25) is 10.0 Å². The largest absolute Gasteiger partial charge is 0.322 e. The van der Waals surface area contributed by atoms with Crippen molar-refractivity contribution in [3.8, 4) is 0 Å². The third-order valence-corrected chi connectivity index (χ3v) is 4.76. The van der Waals surface area contributed by atoms with Crippen molar-refractivity contribution in [2.45, 2.75) is 19.4 Å². The first kappa shape index (κ1) is 17.0. The van der Waals surface area contributed by atoms with Crippen LogP contribution in [-0.2, 0) is 4.79 Å². The number of nitrogens with one attached hydrogen (secondary N) is 2. The zero-order valence-electron chi connectivity index (χ0n) is 12.0. The molecule has 0 saturated carbocycles. The average molecular weight is 395 g/mol. The van der Waals surface area contributed by atoms with E-state index in [-0.39, 0.29) is 5.91 Å². The number of amides is 1. The number of anilines is 1. The van der Waals surface area contributed by atoms with Gasteiger partial charge in [-0.1, -0.05) is 39.1 Å². The van der Waals surface area contributed by atoms with E-state index < -0.39 is 5.54 Å². The van der Waals surface area contributed by atoms with Crippen molar-refractivity contribution in [1.29, 1.82) is 0 Å². The van der Waals surface area contributed by atoms with E-state index in [1.165, 1.54) is 0 Å². The average Bonchev–Trinajstić information content (AvgIpc) is 2.43. The molecule has 1 aliphatic heterocycles. The van der Waals surface area contributed by atoms with Crippen molar-refractivity contribution in [3.63, 3.8) is 0 Å². The third kappa shape index (κ3) is 3.90. The summed E-state index contributed by atoms with van der Waals surface area (Å²) in [6.07, 6.45) is 0. The summed E-state index contributed by atoms with van der Waals surface area (Å²) in [4.78, 5) is 14.8. The van der Waals surface area contributed by atoms with Gasteiger partial charge in [0, 0.05) is 30.7 Å². The third-order valence-electron chi connectivity index (χ3n) is 3.71. The van der Waals surface area contributed by atoms with Gasteiger partial charge in [-0.15, -0.1) is 0 Å². The number of benzene rings is 1. The van der Waals surface area contributed by atoms with Gasteiger partial charge in [-0.25, -0.2) is 0 Å². The number of carbonyl (C=O) groups excluding carboxylic acids is 1. The van der Waals surface area contributed by atoms with Crippen LogP contribution in [0.3, 0.4) is 0 Å². The Balaban J connectivity index is 2.17. The fourth-order valence-electron chi connectivity index (χ4n) is 2.30. The summed E-state index contributed by atoms with van der Waals surface area (Å²) < 4.78 is 0.775. The van der Waals surface area contributed by atoms with E-state index in [4.69, 9.17) is 23.2 Å². The first-order valence-electron chi connectivity index (χ1n) is 6.74. The van der Waals surface area contributed by atoms with Gasteiger partial charge in [0.05, 0.1) is 21.3 Å². The molecule has 116 valence electrons. The monoisotopic (exact) mass is 393 g/mol. The molecule has 2 N–H and O–H groups in total. The number of rotatable bonds is 3. The van der Waals surface area contributed by atoms with Gasteiger partial charge in [0.25, 0.3) is 0 Å². The minimum absolute atomic E-state index is 0.115. The van der Waals surface area contributed by atoms with E-state index in [9.17, 15) is 4.79 Å². The highest BCUT2D eigenvalue weighted by Gasteiger charge is 2.35. The van der Waals surface area contributed by atoms with Crippen molar-refractivity contribution in [1.82, 2.24) is 10.2 Å². The molecule has 0 aliphatic carbocycles. The molecular weight excluding hydrogens is 377 g/mol. The number of hydrogen-bond donors (Lipinski definition) is 2. The quantitative estimate of drug-likeness (QED) is 0.825. The van der Waals surface area contributed by atoms with Crippen molar-refractivity contribution in [3.05, 3.63) is 26.7 Å². The molecule has 1 heterocycles. The number of halogens is 3. The lowest BCUT2D eigenvalue weighted by Gasteiger charge is -2.39. The zero-order valence-corrected chi connectivity index (χ0v) is 15.1. The van der Waals surface area contributed by atoms with Gasteiger partial charge in [-0.3, -0.25) is 9.69 Å². The SMILES string of the molecule is CC(C)(C(=O)Nc1c(Cl)cc(Br)cc1Cl)N1CCNCC1. The maximum Gasteiger partial charge on any atom is 0.244 e. The summed E-state index contributed by atoms with van der Waals surface area (Å²) in [6, 6.07) is 3.42. The summed E-state index contributed by atoms with van der Waals surface area (Å²) in [5.41, 5.74) is -0.170. The van der Waals surface area contributed by atoms with Crippen LogP contribution in [0.25, 0.3) is 0 Å². The van der Waals surface area contributed by atoms with Crippen LogP contribution in [0.15, 0.2) is 16.6 Å². The molecule has 0 atom stereocenters. The molecule has 7 heteroatoms. The summed E-state index contributed by atoms with van der Waals surface area (Å²) >= 11 is 15.6. The second-order valence-electron chi connectivity index (χ2n) is 5.49. The molecular formula is C14H18BrCl2N3O. The van der Waals surface area contributed by atoms with Gasteiger partial charge in [-0.2, -0.15) is 0 Å². The molecule has 1 aromatic rings. The highest BCUT2D eigenvalue weighted by Crippen LogP contribution is 2.34. The van der Waals surface area contributed by atoms with Crippen LogP contribution in [0, 0.1) is 0 Å². The fourth-order valence-corrected chi connectivity index (χ4v) is 3.60. The minimum atomic E-state index is -0.623. The summed E-state index contributed by atoms with van der Waals surface area (Å²) in [5.74, 6) is -0.115. The highest BCUT2D eigenvalue weighted by molar-refractivity contribution is 9.10. The predicted octanol–water partition coefficient (Wildman–Crippen LogP) is 3.38. The summed E-state index contributed by atoms with van der Waals surface area (Å²) in [6.45, 7) is 7.26. The summed E-state index contributed by atoms with van der Waals surface area (Å²) in [5, 5.41) is 6.97. The van der Waals surface area contributed by atoms with Crippen LogP contribution in [0.5, 0.6) is 0 Å². The number of piperazine rings is 1. The van der Waals surface area contributed by atoms with Gasteiger partial charge in [0.1, 0.15) is 0 Å². The van der Waals surface area contributed by atoms with Crippen LogP contribution in [0.1, 0.15) is 13.8 Å². The van der Waals surface area contributed by atoms with Gasteiger partial charge in [-0.05, 0) is 26.0 Å². The van der Waals surface area contributed by atoms with E-state index in [0.29, 0.717) is 15.7 Å². The van der Waals surface area contributed by atoms with E-state index in [0.717, 1.165) is 30.7 Å². The molecule has 0 aromatic heterocycles. The smallest absolute Gasteiger partial charge is 0.244 e. The van der Waals surface area contributed by atoms with Crippen LogP contribution < -0.4 is 10.6 Å². The maximum atomic E-state index is 12.6. The number of hydrogen-bond acceptors (Lipinski definition) is 3. The molecule has 0 radical (unpaired) electrons. The molecule has 1 fully saturated rings. The summed E-state index contributed by atoms with van der Waals surface area (Å²) in [7, 11) is 0. The molecule has 0 spiro atoms. The zero-order chi connectivity index (χ0) is 15.6. The molecule has 1 aromatic carbocycles. The Kier molecular flexibility index (Phi) is 5.54. The van der Waals surface area contributed by atoms with Gasteiger partial charge in [0.2, 0.25) is 5.91 Å². The number of carbonyl (C=O) groups is 1. The van der Waals surface area contributed by atoms with Crippen LogP contribution >= 0.6 is 39.1 Å². The Hall–Kier alpha value is -0.330. The predicted molar refractivity (Wildman–Crippen MR) is 91.3 cm³/mol. The normalized spacial score (nSPS) is 16.8. The fraction of sp³-hybridized carbons (Fsp3) is 0.500. The van der Waals surface area contributed by atoms with Gasteiger partial charge in [0.15, 0.2) is 0 Å².